The Morgan fingerprint density at radius 3 is 2.45 bits per heavy atom. The van der Waals surface area contributed by atoms with Gasteiger partial charge in [-0.2, -0.15) is 0 Å². The Morgan fingerprint density at radius 1 is 1.14 bits per heavy atom. The Hall–Kier alpha value is -2.00. The molecule has 2 aromatic carbocycles. The number of hydrogen-bond acceptors (Lipinski definition) is 2. The number of aliphatic carboxylic acids is 1. The number of hydrogen-bond donors (Lipinski definition) is 1. The lowest BCUT2D eigenvalue weighted by Crippen LogP contribution is -1.99. The van der Waals surface area contributed by atoms with E-state index in [4.69, 9.17) is 21.4 Å². The molecule has 0 atom stereocenters. The van der Waals surface area contributed by atoms with Crippen LogP contribution in [0.2, 0.25) is 5.02 Å². The molecule has 0 spiro atoms. The SMILES string of the molecule is Cc1cc(CCCC(=O)O)ccc1OCc1ccc(Cl)cc1. The van der Waals surface area contributed by atoms with Gasteiger partial charge in [0.15, 0.2) is 0 Å². The summed E-state index contributed by atoms with van der Waals surface area (Å²) in [4.78, 5) is 10.5. The maximum atomic E-state index is 10.5. The molecule has 0 unspecified atom stereocenters. The van der Waals surface area contributed by atoms with Crippen molar-refractivity contribution in [2.24, 2.45) is 0 Å². The van der Waals surface area contributed by atoms with Gasteiger partial charge in [-0.3, -0.25) is 4.79 Å². The molecule has 0 saturated carbocycles. The van der Waals surface area contributed by atoms with E-state index in [1.807, 2.05) is 43.3 Å². The van der Waals surface area contributed by atoms with Gasteiger partial charge in [-0.25, -0.2) is 0 Å². The number of carboxylic acid groups (broad SMARTS) is 1. The molecule has 0 bridgehead atoms. The summed E-state index contributed by atoms with van der Waals surface area (Å²) in [7, 11) is 0. The third-order valence-corrected chi connectivity index (χ3v) is 3.66. The van der Waals surface area contributed by atoms with Crippen LogP contribution in [0.4, 0.5) is 0 Å². The summed E-state index contributed by atoms with van der Waals surface area (Å²) in [6.45, 7) is 2.49. The smallest absolute Gasteiger partial charge is 0.303 e. The first kappa shape index (κ1) is 16.4. The number of aryl methyl sites for hydroxylation is 2. The molecule has 3 nitrogen and oxygen atoms in total. The molecule has 0 saturated heterocycles. The average molecular weight is 319 g/mol. The lowest BCUT2D eigenvalue weighted by atomic mass is 10.1. The molecule has 2 rings (SSSR count). The van der Waals surface area contributed by atoms with E-state index in [0.29, 0.717) is 18.1 Å². The molecule has 0 aliphatic rings. The summed E-state index contributed by atoms with van der Waals surface area (Å²) in [5.41, 5.74) is 3.26. The van der Waals surface area contributed by atoms with Gasteiger partial charge in [0, 0.05) is 11.4 Å². The summed E-state index contributed by atoms with van der Waals surface area (Å²) >= 11 is 5.86. The number of halogens is 1. The molecule has 0 aliphatic carbocycles. The summed E-state index contributed by atoms with van der Waals surface area (Å²) in [6.07, 6.45) is 1.62. The van der Waals surface area contributed by atoms with Crippen LogP contribution in [-0.2, 0) is 17.8 Å². The highest BCUT2D eigenvalue weighted by atomic mass is 35.5. The van der Waals surface area contributed by atoms with E-state index in [-0.39, 0.29) is 6.42 Å². The highest BCUT2D eigenvalue weighted by molar-refractivity contribution is 6.30. The number of carbonyl (C=O) groups is 1. The van der Waals surface area contributed by atoms with Crippen molar-refractivity contribution < 1.29 is 14.6 Å². The van der Waals surface area contributed by atoms with E-state index in [2.05, 4.69) is 6.07 Å². The summed E-state index contributed by atoms with van der Waals surface area (Å²) in [6, 6.07) is 13.6. The standard InChI is InChI=1S/C18H19ClO3/c1-13-11-14(3-2-4-18(20)21)7-10-17(13)22-12-15-5-8-16(19)9-6-15/h5-11H,2-4,12H2,1H3,(H,20,21). The van der Waals surface area contributed by atoms with Crippen LogP contribution in [0.1, 0.15) is 29.5 Å². The van der Waals surface area contributed by atoms with Crippen molar-refractivity contribution in [2.45, 2.75) is 32.8 Å². The second-order valence-corrected chi connectivity index (χ2v) is 5.70. The minimum Gasteiger partial charge on any atom is -0.489 e. The molecule has 0 fully saturated rings. The number of ether oxygens (including phenoxy) is 1. The molecule has 0 aromatic heterocycles. The van der Waals surface area contributed by atoms with Crippen LogP contribution in [0.15, 0.2) is 42.5 Å². The van der Waals surface area contributed by atoms with Crippen LogP contribution in [0, 0.1) is 6.92 Å². The largest absolute Gasteiger partial charge is 0.489 e. The van der Waals surface area contributed by atoms with Gasteiger partial charge < -0.3 is 9.84 Å². The van der Waals surface area contributed by atoms with Gasteiger partial charge in [-0.15, -0.1) is 0 Å². The predicted molar refractivity (Wildman–Crippen MR) is 87.5 cm³/mol. The van der Waals surface area contributed by atoms with Gasteiger partial charge in [-0.1, -0.05) is 35.9 Å². The van der Waals surface area contributed by atoms with Crippen molar-refractivity contribution in [1.29, 1.82) is 0 Å². The van der Waals surface area contributed by atoms with E-state index >= 15 is 0 Å². The van der Waals surface area contributed by atoms with Crippen LogP contribution in [-0.4, -0.2) is 11.1 Å². The number of carboxylic acids is 1. The normalized spacial score (nSPS) is 10.5. The third-order valence-electron chi connectivity index (χ3n) is 3.40. The van der Waals surface area contributed by atoms with Crippen LogP contribution >= 0.6 is 11.6 Å². The van der Waals surface area contributed by atoms with Gasteiger partial charge in [-0.05, 0) is 54.7 Å². The van der Waals surface area contributed by atoms with Crippen LogP contribution in [0.3, 0.4) is 0 Å². The fourth-order valence-corrected chi connectivity index (χ4v) is 2.34. The summed E-state index contributed by atoms with van der Waals surface area (Å²) in [5, 5.41) is 9.37. The molecule has 4 heteroatoms. The molecule has 22 heavy (non-hydrogen) atoms. The van der Waals surface area contributed by atoms with Gasteiger partial charge >= 0.3 is 5.97 Å². The second-order valence-electron chi connectivity index (χ2n) is 5.26. The first-order valence-electron chi connectivity index (χ1n) is 7.23. The zero-order valence-corrected chi connectivity index (χ0v) is 13.3. The van der Waals surface area contributed by atoms with E-state index in [9.17, 15) is 4.79 Å². The monoisotopic (exact) mass is 318 g/mol. The Balaban J connectivity index is 1.91. The second kappa shape index (κ2) is 7.85. The van der Waals surface area contributed by atoms with Crippen molar-refractivity contribution in [3.63, 3.8) is 0 Å². The zero-order valence-electron chi connectivity index (χ0n) is 12.5. The number of rotatable bonds is 7. The average Bonchev–Trinajstić information content (AvgIpc) is 2.48. The molecule has 0 amide bonds. The molecule has 0 heterocycles. The van der Waals surface area contributed by atoms with E-state index < -0.39 is 5.97 Å². The van der Waals surface area contributed by atoms with E-state index in [1.54, 1.807) is 0 Å². The van der Waals surface area contributed by atoms with Crippen molar-refractivity contribution >= 4 is 17.6 Å². The van der Waals surface area contributed by atoms with Gasteiger partial charge in [0.2, 0.25) is 0 Å². The fourth-order valence-electron chi connectivity index (χ4n) is 2.21. The van der Waals surface area contributed by atoms with Crippen LogP contribution < -0.4 is 4.74 Å². The Labute approximate surface area is 135 Å². The maximum Gasteiger partial charge on any atom is 0.303 e. The van der Waals surface area contributed by atoms with Gasteiger partial charge in [0.1, 0.15) is 12.4 Å². The van der Waals surface area contributed by atoms with Gasteiger partial charge in [0.05, 0.1) is 0 Å². The summed E-state index contributed by atoms with van der Waals surface area (Å²) in [5.74, 6) is 0.0941. The van der Waals surface area contributed by atoms with Crippen molar-refractivity contribution in [3.8, 4) is 5.75 Å². The van der Waals surface area contributed by atoms with Crippen molar-refractivity contribution in [3.05, 3.63) is 64.2 Å². The lowest BCUT2D eigenvalue weighted by molar-refractivity contribution is -0.137. The highest BCUT2D eigenvalue weighted by Crippen LogP contribution is 2.21. The molecular formula is C18H19ClO3. The third kappa shape index (κ3) is 5.08. The van der Waals surface area contributed by atoms with Crippen LogP contribution in [0.25, 0.3) is 0 Å². The van der Waals surface area contributed by atoms with Gasteiger partial charge in [0.25, 0.3) is 0 Å². The predicted octanol–water partition coefficient (Wildman–Crippen LogP) is 4.63. The number of benzene rings is 2. The highest BCUT2D eigenvalue weighted by Gasteiger charge is 2.04. The molecule has 0 aliphatic heterocycles. The fraction of sp³-hybridized carbons (Fsp3) is 0.278. The van der Waals surface area contributed by atoms with E-state index in [0.717, 1.165) is 28.9 Å². The van der Waals surface area contributed by atoms with Crippen LogP contribution in [0.5, 0.6) is 5.75 Å². The van der Waals surface area contributed by atoms with E-state index in [1.165, 1.54) is 0 Å². The maximum absolute atomic E-state index is 10.5. The summed E-state index contributed by atoms with van der Waals surface area (Å²) < 4.78 is 5.82. The molecule has 116 valence electrons. The Morgan fingerprint density at radius 2 is 1.82 bits per heavy atom. The topological polar surface area (TPSA) is 46.5 Å². The molecule has 0 radical (unpaired) electrons. The minimum atomic E-state index is -0.750. The van der Waals surface area contributed by atoms with Crippen molar-refractivity contribution in [1.82, 2.24) is 0 Å². The molecule has 2 aromatic rings. The quantitative estimate of drug-likeness (QED) is 0.809. The Kier molecular flexibility index (Phi) is 5.84. The first-order chi connectivity index (χ1) is 10.5. The zero-order chi connectivity index (χ0) is 15.9. The Bertz CT molecular complexity index is 635. The molecule has 1 N–H and O–H groups in total. The molecular weight excluding hydrogens is 300 g/mol. The minimum absolute atomic E-state index is 0.202. The first-order valence-corrected chi connectivity index (χ1v) is 7.61. The lowest BCUT2D eigenvalue weighted by Gasteiger charge is -2.11. The van der Waals surface area contributed by atoms with Crippen molar-refractivity contribution in [2.75, 3.05) is 0 Å².